The van der Waals surface area contributed by atoms with Gasteiger partial charge in [0.05, 0.1) is 19.0 Å². The van der Waals surface area contributed by atoms with Crippen LogP contribution in [0.1, 0.15) is 18.2 Å². The Balaban J connectivity index is 1.64. The van der Waals surface area contributed by atoms with Gasteiger partial charge in [-0.3, -0.25) is 4.57 Å². The average molecular weight is 351 g/mol. The van der Waals surface area contributed by atoms with Crippen molar-refractivity contribution >= 4 is 22.7 Å². The first-order valence-corrected chi connectivity index (χ1v) is 8.15. The highest BCUT2D eigenvalue weighted by Crippen LogP contribution is 2.32. The van der Waals surface area contributed by atoms with Crippen LogP contribution in [-0.2, 0) is 4.74 Å². The molecule has 1 aliphatic heterocycles. The molecule has 1 aliphatic rings. The van der Waals surface area contributed by atoms with Gasteiger partial charge >= 0.3 is 0 Å². The number of aliphatic hydroxyl groups is 2. The van der Waals surface area contributed by atoms with Crippen molar-refractivity contribution in [2.75, 3.05) is 11.9 Å². The molecule has 3 aromatic rings. The van der Waals surface area contributed by atoms with Crippen LogP contribution in [0, 0.1) is 12.3 Å². The maximum Gasteiger partial charge on any atom is 0.167 e. The van der Waals surface area contributed by atoms with E-state index in [9.17, 15) is 10.2 Å². The zero-order valence-corrected chi connectivity index (χ0v) is 13.8. The molecule has 2 aromatic heterocycles. The average Bonchev–Trinajstić information content (AvgIpc) is 3.26. The van der Waals surface area contributed by atoms with Gasteiger partial charge < -0.3 is 20.3 Å². The van der Waals surface area contributed by atoms with Gasteiger partial charge in [0.25, 0.3) is 0 Å². The second-order valence-electron chi connectivity index (χ2n) is 6.01. The molecule has 0 amide bonds. The molecule has 8 heteroatoms. The van der Waals surface area contributed by atoms with Crippen LogP contribution in [0.5, 0.6) is 0 Å². The van der Waals surface area contributed by atoms with Gasteiger partial charge in [0.1, 0.15) is 18.7 Å². The lowest BCUT2D eigenvalue weighted by Gasteiger charge is -2.13. The predicted octanol–water partition coefficient (Wildman–Crippen LogP) is 1.19. The Morgan fingerprint density at radius 1 is 1.27 bits per heavy atom. The number of hydrogen-bond donors (Lipinski definition) is 3. The summed E-state index contributed by atoms with van der Waals surface area (Å²) < 4.78 is 7.42. The molecule has 0 bridgehead atoms. The van der Waals surface area contributed by atoms with Gasteiger partial charge in [-0.1, -0.05) is 5.92 Å². The first-order chi connectivity index (χ1) is 12.7. The van der Waals surface area contributed by atoms with Crippen molar-refractivity contribution in [3.8, 4) is 12.3 Å². The van der Waals surface area contributed by atoms with Crippen LogP contribution in [0.15, 0.2) is 36.9 Å². The third-order valence-electron chi connectivity index (χ3n) is 4.37. The highest BCUT2D eigenvalue weighted by Gasteiger charge is 2.35. The van der Waals surface area contributed by atoms with Crippen LogP contribution in [-0.4, -0.2) is 48.5 Å². The molecule has 132 valence electrons. The van der Waals surface area contributed by atoms with Crippen LogP contribution in [0.2, 0.25) is 0 Å². The molecule has 3 atom stereocenters. The summed E-state index contributed by atoms with van der Waals surface area (Å²) in [5, 5.41) is 22.4. The van der Waals surface area contributed by atoms with Crippen molar-refractivity contribution in [2.24, 2.45) is 0 Å². The van der Waals surface area contributed by atoms with Crippen molar-refractivity contribution in [2.45, 2.75) is 24.9 Å². The van der Waals surface area contributed by atoms with Gasteiger partial charge in [-0.2, -0.15) is 0 Å². The molecule has 0 aliphatic carbocycles. The number of aliphatic hydroxyl groups excluding tert-OH is 2. The summed E-state index contributed by atoms with van der Waals surface area (Å²) in [4.78, 5) is 12.9. The fourth-order valence-electron chi connectivity index (χ4n) is 2.99. The van der Waals surface area contributed by atoms with E-state index in [4.69, 9.17) is 11.2 Å². The van der Waals surface area contributed by atoms with Gasteiger partial charge in [0, 0.05) is 17.7 Å². The summed E-state index contributed by atoms with van der Waals surface area (Å²) in [6.07, 6.45) is 7.00. The lowest BCUT2D eigenvalue weighted by molar-refractivity contribution is -0.0432. The highest BCUT2D eigenvalue weighted by atomic mass is 16.5. The lowest BCUT2D eigenvalue weighted by atomic mass is 10.2. The Labute approximate surface area is 149 Å². The van der Waals surface area contributed by atoms with Crippen molar-refractivity contribution < 1.29 is 14.9 Å². The Kier molecular flexibility index (Phi) is 4.26. The van der Waals surface area contributed by atoms with Crippen molar-refractivity contribution in [3.05, 3.63) is 42.5 Å². The normalized spacial score (nSPS) is 22.4. The van der Waals surface area contributed by atoms with Crippen molar-refractivity contribution in [3.63, 3.8) is 0 Å². The molecule has 1 saturated heterocycles. The van der Waals surface area contributed by atoms with Gasteiger partial charge in [0.15, 0.2) is 17.0 Å². The number of aromatic nitrogens is 4. The van der Waals surface area contributed by atoms with E-state index in [1.807, 2.05) is 24.3 Å². The maximum absolute atomic E-state index is 9.94. The predicted molar refractivity (Wildman–Crippen MR) is 94.6 cm³/mol. The minimum Gasteiger partial charge on any atom is -0.394 e. The van der Waals surface area contributed by atoms with E-state index in [1.54, 1.807) is 10.9 Å². The van der Waals surface area contributed by atoms with E-state index in [-0.39, 0.29) is 6.61 Å². The SMILES string of the molecule is C#Cc1ccc(Nc2ncnc3c2ncn3[C@H]2C[C@H](O)[C@@H](CO)O2)cc1. The molecular formula is C18H17N5O3. The molecule has 1 fully saturated rings. The number of hydrogen-bond acceptors (Lipinski definition) is 7. The summed E-state index contributed by atoms with van der Waals surface area (Å²) in [5.74, 6) is 3.13. The Hall–Kier alpha value is -2.99. The minimum absolute atomic E-state index is 0.236. The fourth-order valence-corrected chi connectivity index (χ4v) is 2.99. The Bertz CT molecular complexity index is 963. The third kappa shape index (κ3) is 2.88. The van der Waals surface area contributed by atoms with E-state index in [0.717, 1.165) is 11.3 Å². The second kappa shape index (κ2) is 6.72. The van der Waals surface area contributed by atoms with Crippen LogP contribution in [0.4, 0.5) is 11.5 Å². The molecular weight excluding hydrogens is 334 g/mol. The fraction of sp³-hybridized carbons (Fsp3) is 0.278. The van der Waals surface area contributed by atoms with Crippen molar-refractivity contribution in [1.29, 1.82) is 0 Å². The second-order valence-corrected chi connectivity index (χ2v) is 6.01. The van der Waals surface area contributed by atoms with Gasteiger partial charge in [-0.05, 0) is 24.3 Å². The number of nitrogens with zero attached hydrogens (tertiary/aromatic N) is 4. The van der Waals surface area contributed by atoms with Gasteiger partial charge in [0.2, 0.25) is 0 Å². The number of imidazole rings is 1. The summed E-state index contributed by atoms with van der Waals surface area (Å²) in [6, 6.07) is 7.40. The van der Waals surface area contributed by atoms with Crippen LogP contribution >= 0.6 is 0 Å². The number of benzene rings is 1. The first kappa shape index (κ1) is 16.5. The standard InChI is InChI=1S/C18H17N5O3/c1-2-11-3-5-12(6-4-11)22-17-16-18(20-9-19-17)23(10-21-16)15-7-13(25)14(8-24)26-15/h1,3-6,9-10,13-15,24-25H,7-8H2,(H,19,20,22)/t13-,14+,15+/m0/s1. The Morgan fingerprint density at radius 2 is 2.08 bits per heavy atom. The van der Waals surface area contributed by atoms with Crippen LogP contribution in [0.3, 0.4) is 0 Å². The molecule has 0 radical (unpaired) electrons. The highest BCUT2D eigenvalue weighted by molar-refractivity contribution is 5.85. The summed E-state index contributed by atoms with van der Waals surface area (Å²) in [6.45, 7) is -0.236. The third-order valence-corrected chi connectivity index (χ3v) is 4.37. The molecule has 0 saturated carbocycles. The number of fused-ring (bicyclic) bond motifs is 1. The topological polar surface area (TPSA) is 105 Å². The minimum atomic E-state index is -0.725. The van der Waals surface area contributed by atoms with E-state index in [1.165, 1.54) is 6.33 Å². The largest absolute Gasteiger partial charge is 0.394 e. The molecule has 1 aromatic carbocycles. The monoisotopic (exact) mass is 351 g/mol. The molecule has 0 unspecified atom stereocenters. The number of terminal acetylenes is 1. The molecule has 3 heterocycles. The molecule has 26 heavy (non-hydrogen) atoms. The summed E-state index contributed by atoms with van der Waals surface area (Å²) >= 11 is 0. The molecule has 8 nitrogen and oxygen atoms in total. The smallest absolute Gasteiger partial charge is 0.167 e. The number of rotatable bonds is 4. The number of nitrogens with one attached hydrogen (secondary N) is 1. The Morgan fingerprint density at radius 3 is 2.77 bits per heavy atom. The van der Waals surface area contributed by atoms with E-state index >= 15 is 0 Å². The molecule has 3 N–H and O–H groups in total. The van der Waals surface area contributed by atoms with Crippen LogP contribution < -0.4 is 5.32 Å². The zero-order valence-electron chi connectivity index (χ0n) is 13.8. The maximum atomic E-state index is 9.94. The summed E-state index contributed by atoms with van der Waals surface area (Å²) in [7, 11) is 0. The van der Waals surface area contributed by atoms with Crippen molar-refractivity contribution in [1.82, 2.24) is 19.5 Å². The zero-order chi connectivity index (χ0) is 18.1. The van der Waals surface area contributed by atoms with E-state index in [0.29, 0.717) is 23.4 Å². The first-order valence-electron chi connectivity index (χ1n) is 8.15. The summed E-state index contributed by atoms with van der Waals surface area (Å²) in [5.41, 5.74) is 2.78. The van der Waals surface area contributed by atoms with E-state index in [2.05, 4.69) is 26.2 Å². The quantitative estimate of drug-likeness (QED) is 0.606. The number of anilines is 2. The molecule has 4 rings (SSSR count). The van der Waals surface area contributed by atoms with Gasteiger partial charge in [-0.15, -0.1) is 6.42 Å². The van der Waals surface area contributed by atoms with Gasteiger partial charge in [-0.25, -0.2) is 15.0 Å². The lowest BCUT2D eigenvalue weighted by Crippen LogP contribution is -2.24. The molecule has 0 spiro atoms. The van der Waals surface area contributed by atoms with Crippen LogP contribution in [0.25, 0.3) is 11.2 Å². The number of ether oxygens (including phenoxy) is 1. The van der Waals surface area contributed by atoms with E-state index < -0.39 is 18.4 Å².